The summed E-state index contributed by atoms with van der Waals surface area (Å²) >= 11 is 0. The summed E-state index contributed by atoms with van der Waals surface area (Å²) < 4.78 is 0. The summed E-state index contributed by atoms with van der Waals surface area (Å²) in [4.78, 5) is 0. The second-order valence-corrected chi connectivity index (χ2v) is 7.03. The normalized spacial score (nSPS) is 13.5. The average molecular weight is 275 g/mol. The van der Waals surface area contributed by atoms with Gasteiger partial charge in [-0.05, 0) is 54.2 Å². The van der Waals surface area contributed by atoms with Crippen molar-refractivity contribution < 1.29 is 0 Å². The zero-order chi connectivity index (χ0) is 15.2. The van der Waals surface area contributed by atoms with Crippen molar-refractivity contribution in [2.45, 2.75) is 84.6 Å². The highest BCUT2D eigenvalue weighted by molar-refractivity contribution is 5.35. The van der Waals surface area contributed by atoms with Gasteiger partial charge in [-0.3, -0.25) is 0 Å². The zero-order valence-electron chi connectivity index (χ0n) is 14.1. The van der Waals surface area contributed by atoms with E-state index in [9.17, 15) is 0 Å². The molecule has 0 aliphatic rings. The molecule has 1 aromatic carbocycles. The lowest BCUT2D eigenvalue weighted by molar-refractivity contribution is 0.538. The van der Waals surface area contributed by atoms with E-state index in [-0.39, 0.29) is 5.41 Å². The van der Waals surface area contributed by atoms with Crippen LogP contribution >= 0.6 is 0 Å². The first kappa shape index (κ1) is 17.2. The fourth-order valence-corrected chi connectivity index (χ4v) is 2.74. The Hall–Kier alpha value is -0.820. The lowest BCUT2D eigenvalue weighted by Crippen LogP contribution is -2.19. The van der Waals surface area contributed by atoms with Crippen LogP contribution in [-0.4, -0.2) is 6.04 Å². The first-order valence-corrected chi connectivity index (χ1v) is 8.26. The topological polar surface area (TPSA) is 26.0 Å². The van der Waals surface area contributed by atoms with Crippen LogP contribution in [0.2, 0.25) is 0 Å². The Morgan fingerprint density at radius 2 is 1.75 bits per heavy atom. The molecule has 0 bridgehead atoms. The minimum Gasteiger partial charge on any atom is -0.328 e. The van der Waals surface area contributed by atoms with E-state index in [1.807, 2.05) is 0 Å². The van der Waals surface area contributed by atoms with Crippen molar-refractivity contribution >= 4 is 0 Å². The summed E-state index contributed by atoms with van der Waals surface area (Å²) in [5.41, 5.74) is 10.8. The van der Waals surface area contributed by atoms with Gasteiger partial charge >= 0.3 is 0 Å². The number of hydrogen-bond donors (Lipinski definition) is 1. The van der Waals surface area contributed by atoms with Crippen molar-refractivity contribution in [1.29, 1.82) is 0 Å². The molecule has 20 heavy (non-hydrogen) atoms. The van der Waals surface area contributed by atoms with E-state index in [0.717, 1.165) is 19.3 Å². The fourth-order valence-electron chi connectivity index (χ4n) is 2.74. The van der Waals surface area contributed by atoms with E-state index in [1.54, 1.807) is 0 Å². The minimum absolute atomic E-state index is 0.236. The van der Waals surface area contributed by atoms with E-state index in [2.05, 4.69) is 52.8 Å². The predicted molar refractivity (Wildman–Crippen MR) is 90.3 cm³/mol. The van der Waals surface area contributed by atoms with Crippen molar-refractivity contribution in [1.82, 2.24) is 0 Å². The second kappa shape index (κ2) is 7.83. The summed E-state index contributed by atoms with van der Waals surface area (Å²) in [7, 11) is 0. The average Bonchev–Trinajstić information content (AvgIpc) is 2.38. The van der Waals surface area contributed by atoms with Crippen molar-refractivity contribution in [2.24, 2.45) is 5.73 Å². The molecule has 0 saturated carbocycles. The maximum absolute atomic E-state index is 6.12. The highest BCUT2D eigenvalue weighted by Crippen LogP contribution is 2.26. The largest absolute Gasteiger partial charge is 0.328 e. The third-order valence-electron chi connectivity index (χ3n) is 4.13. The van der Waals surface area contributed by atoms with Crippen LogP contribution < -0.4 is 5.73 Å². The summed E-state index contributed by atoms with van der Waals surface area (Å²) in [6, 6.07) is 7.42. The Labute approximate surface area is 126 Å². The van der Waals surface area contributed by atoms with Crippen LogP contribution in [0.15, 0.2) is 18.2 Å². The Morgan fingerprint density at radius 1 is 1.05 bits per heavy atom. The van der Waals surface area contributed by atoms with Crippen LogP contribution in [0, 0.1) is 0 Å². The Bertz CT molecular complexity index is 401. The maximum atomic E-state index is 6.12. The van der Waals surface area contributed by atoms with Crippen LogP contribution in [0.1, 0.15) is 77.0 Å². The molecular weight excluding hydrogens is 242 g/mol. The van der Waals surface area contributed by atoms with E-state index in [4.69, 9.17) is 5.73 Å². The molecule has 0 saturated heterocycles. The molecule has 1 nitrogen and oxygen atoms in total. The molecule has 0 aliphatic carbocycles. The Morgan fingerprint density at radius 3 is 2.30 bits per heavy atom. The van der Waals surface area contributed by atoms with Gasteiger partial charge in [-0.2, -0.15) is 0 Å². The summed E-state index contributed by atoms with van der Waals surface area (Å²) in [5, 5.41) is 0. The molecule has 2 N–H and O–H groups in total. The monoisotopic (exact) mass is 275 g/mol. The third-order valence-corrected chi connectivity index (χ3v) is 4.13. The van der Waals surface area contributed by atoms with Crippen LogP contribution in [0.3, 0.4) is 0 Å². The van der Waals surface area contributed by atoms with Crippen molar-refractivity contribution in [3.8, 4) is 0 Å². The molecule has 0 heterocycles. The summed E-state index contributed by atoms with van der Waals surface area (Å²) in [6.07, 6.45) is 7.01. The fraction of sp³-hybridized carbons (Fsp3) is 0.684. The molecule has 0 spiro atoms. The third kappa shape index (κ3) is 5.28. The maximum Gasteiger partial charge on any atom is 0.00388 e. The molecule has 0 aliphatic heterocycles. The molecule has 1 rings (SSSR count). The van der Waals surface area contributed by atoms with Gasteiger partial charge in [0.15, 0.2) is 0 Å². The highest BCUT2D eigenvalue weighted by Gasteiger charge is 2.15. The van der Waals surface area contributed by atoms with E-state index >= 15 is 0 Å². The first-order valence-electron chi connectivity index (χ1n) is 8.26. The van der Waals surface area contributed by atoms with E-state index in [0.29, 0.717) is 6.04 Å². The van der Waals surface area contributed by atoms with E-state index in [1.165, 1.54) is 36.0 Å². The quantitative estimate of drug-likeness (QED) is 0.745. The lowest BCUT2D eigenvalue weighted by atomic mass is 9.84. The molecule has 0 fully saturated rings. The van der Waals surface area contributed by atoms with E-state index < -0.39 is 0 Å². The van der Waals surface area contributed by atoms with Crippen molar-refractivity contribution in [2.75, 3.05) is 0 Å². The molecule has 0 aromatic heterocycles. The van der Waals surface area contributed by atoms with Gasteiger partial charge in [0.25, 0.3) is 0 Å². The van der Waals surface area contributed by atoms with Gasteiger partial charge in [-0.1, -0.05) is 59.2 Å². The molecule has 1 unspecified atom stereocenters. The number of hydrogen-bond acceptors (Lipinski definition) is 1. The van der Waals surface area contributed by atoms with Crippen LogP contribution in [0.25, 0.3) is 0 Å². The van der Waals surface area contributed by atoms with Gasteiger partial charge in [0.05, 0.1) is 0 Å². The van der Waals surface area contributed by atoms with Gasteiger partial charge in [0, 0.05) is 6.04 Å². The molecule has 1 heteroatoms. The number of aryl methyl sites for hydroxylation is 2. The zero-order valence-corrected chi connectivity index (χ0v) is 14.1. The lowest BCUT2D eigenvalue weighted by Gasteiger charge is -2.21. The first-order chi connectivity index (χ1) is 9.38. The van der Waals surface area contributed by atoms with Crippen LogP contribution in [-0.2, 0) is 18.3 Å². The van der Waals surface area contributed by atoms with Gasteiger partial charge in [-0.15, -0.1) is 0 Å². The second-order valence-electron chi connectivity index (χ2n) is 7.03. The Balaban J connectivity index is 2.72. The molecule has 0 radical (unpaired) electrons. The molecule has 1 atom stereocenters. The summed E-state index contributed by atoms with van der Waals surface area (Å²) in [6.45, 7) is 11.3. The standard InChI is InChI=1S/C19H33N/c1-6-9-18(20)11-8-10-16-14-17(19(3,4)5)13-12-15(16)7-2/h12-14,18H,6-11,20H2,1-5H3. The number of benzene rings is 1. The minimum atomic E-state index is 0.236. The number of rotatable bonds is 7. The van der Waals surface area contributed by atoms with Crippen LogP contribution in [0.5, 0.6) is 0 Å². The molecule has 0 amide bonds. The van der Waals surface area contributed by atoms with Gasteiger partial charge < -0.3 is 5.73 Å². The summed E-state index contributed by atoms with van der Waals surface area (Å²) in [5.74, 6) is 0. The van der Waals surface area contributed by atoms with Crippen molar-refractivity contribution in [3.05, 3.63) is 34.9 Å². The molecule has 1 aromatic rings. The highest BCUT2D eigenvalue weighted by atomic mass is 14.6. The van der Waals surface area contributed by atoms with Gasteiger partial charge in [-0.25, -0.2) is 0 Å². The van der Waals surface area contributed by atoms with Crippen LogP contribution in [0.4, 0.5) is 0 Å². The smallest absolute Gasteiger partial charge is 0.00388 e. The SMILES string of the molecule is CCCC(N)CCCc1cc(C(C)(C)C)ccc1CC. The van der Waals surface area contributed by atoms with Gasteiger partial charge in [0.1, 0.15) is 0 Å². The predicted octanol–water partition coefficient (Wildman–Crippen LogP) is 5.00. The number of nitrogens with two attached hydrogens (primary N) is 1. The molecular formula is C19H33N. The van der Waals surface area contributed by atoms with Gasteiger partial charge in [0.2, 0.25) is 0 Å². The Kier molecular flexibility index (Phi) is 6.75. The molecule has 114 valence electrons. The van der Waals surface area contributed by atoms with Crippen molar-refractivity contribution in [3.63, 3.8) is 0 Å².